The lowest BCUT2D eigenvalue weighted by atomic mass is 9.96. The summed E-state index contributed by atoms with van der Waals surface area (Å²) in [7, 11) is 1.63. The molecule has 3 N–H and O–H groups in total. The first-order chi connectivity index (χ1) is 9.52. The highest BCUT2D eigenvalue weighted by Gasteiger charge is 2.28. The number of aryl methyl sites for hydroxylation is 1. The Hall–Kier alpha value is -2.04. The lowest BCUT2D eigenvalue weighted by Crippen LogP contribution is -2.44. The predicted octanol–water partition coefficient (Wildman–Crippen LogP) is 1.18. The van der Waals surface area contributed by atoms with E-state index in [0.29, 0.717) is 24.3 Å². The summed E-state index contributed by atoms with van der Waals surface area (Å²) in [6, 6.07) is 5.35. The molecule has 5 heteroatoms. The maximum atomic E-state index is 12.5. The van der Waals surface area contributed by atoms with Crippen LogP contribution < -0.4 is 11.1 Å². The normalized spacial score (nSPS) is 18.7. The van der Waals surface area contributed by atoms with E-state index in [1.165, 1.54) is 0 Å². The Morgan fingerprint density at radius 1 is 1.40 bits per heavy atom. The molecule has 0 aromatic heterocycles. The fraction of sp³-hybridized carbons (Fsp3) is 0.467. The van der Waals surface area contributed by atoms with Crippen molar-refractivity contribution in [2.24, 2.45) is 5.92 Å². The van der Waals surface area contributed by atoms with Gasteiger partial charge < -0.3 is 16.0 Å². The first kappa shape index (κ1) is 14.4. The molecular weight excluding hydrogens is 254 g/mol. The molecular formula is C15H21N3O2. The smallest absolute Gasteiger partial charge is 0.253 e. The quantitative estimate of drug-likeness (QED) is 0.796. The first-order valence-electron chi connectivity index (χ1n) is 6.90. The van der Waals surface area contributed by atoms with E-state index in [1.807, 2.05) is 13.0 Å². The number of rotatable bonds is 2. The van der Waals surface area contributed by atoms with E-state index >= 15 is 0 Å². The van der Waals surface area contributed by atoms with Gasteiger partial charge in [0.1, 0.15) is 0 Å². The highest BCUT2D eigenvalue weighted by molar-refractivity contribution is 5.95. The number of carbonyl (C=O) groups is 2. The fourth-order valence-electron chi connectivity index (χ4n) is 2.54. The summed E-state index contributed by atoms with van der Waals surface area (Å²) in [6.07, 6.45) is 1.69. The molecule has 1 aliphatic heterocycles. The minimum Gasteiger partial charge on any atom is -0.398 e. The third-order valence-corrected chi connectivity index (χ3v) is 3.85. The molecule has 1 fully saturated rings. The zero-order valence-electron chi connectivity index (χ0n) is 12.0. The molecule has 108 valence electrons. The van der Waals surface area contributed by atoms with Crippen LogP contribution in [0.3, 0.4) is 0 Å². The van der Waals surface area contributed by atoms with Gasteiger partial charge in [0.05, 0.1) is 5.92 Å². The van der Waals surface area contributed by atoms with E-state index in [2.05, 4.69) is 5.32 Å². The van der Waals surface area contributed by atoms with Crippen LogP contribution in [0.25, 0.3) is 0 Å². The summed E-state index contributed by atoms with van der Waals surface area (Å²) in [5, 5.41) is 2.65. The Morgan fingerprint density at radius 2 is 2.15 bits per heavy atom. The Balaban J connectivity index is 2.12. The van der Waals surface area contributed by atoms with E-state index in [4.69, 9.17) is 5.73 Å². The van der Waals surface area contributed by atoms with Gasteiger partial charge in [-0.1, -0.05) is 6.07 Å². The van der Waals surface area contributed by atoms with Gasteiger partial charge in [-0.25, -0.2) is 0 Å². The lowest BCUT2D eigenvalue weighted by Gasteiger charge is -2.32. The van der Waals surface area contributed by atoms with E-state index in [1.54, 1.807) is 24.1 Å². The molecule has 1 unspecified atom stereocenters. The summed E-state index contributed by atoms with van der Waals surface area (Å²) in [6.45, 7) is 3.08. The van der Waals surface area contributed by atoms with Crippen molar-refractivity contribution in [2.45, 2.75) is 19.8 Å². The number of nitrogens with two attached hydrogens (primary N) is 1. The fourth-order valence-corrected chi connectivity index (χ4v) is 2.54. The van der Waals surface area contributed by atoms with Crippen LogP contribution in [0.2, 0.25) is 0 Å². The number of likely N-dealkylation sites (tertiary alicyclic amines) is 1. The van der Waals surface area contributed by atoms with Crippen LogP contribution in [0.15, 0.2) is 18.2 Å². The van der Waals surface area contributed by atoms with Gasteiger partial charge >= 0.3 is 0 Å². The van der Waals surface area contributed by atoms with Crippen molar-refractivity contribution in [3.05, 3.63) is 29.3 Å². The maximum absolute atomic E-state index is 12.5. The number of benzene rings is 1. The Morgan fingerprint density at radius 3 is 2.80 bits per heavy atom. The van der Waals surface area contributed by atoms with E-state index in [-0.39, 0.29) is 17.7 Å². The molecule has 0 spiro atoms. The van der Waals surface area contributed by atoms with Gasteiger partial charge in [0.2, 0.25) is 5.91 Å². The lowest BCUT2D eigenvalue weighted by molar-refractivity contribution is -0.125. The second-order valence-electron chi connectivity index (χ2n) is 5.28. The topological polar surface area (TPSA) is 75.4 Å². The molecule has 20 heavy (non-hydrogen) atoms. The average Bonchev–Trinajstić information content (AvgIpc) is 2.48. The van der Waals surface area contributed by atoms with Gasteiger partial charge in [-0.15, -0.1) is 0 Å². The third-order valence-electron chi connectivity index (χ3n) is 3.85. The molecule has 1 aliphatic rings. The van der Waals surface area contributed by atoms with Gasteiger partial charge in [0, 0.05) is 31.4 Å². The number of hydrogen-bond acceptors (Lipinski definition) is 3. The van der Waals surface area contributed by atoms with Crippen molar-refractivity contribution in [3.63, 3.8) is 0 Å². The second kappa shape index (κ2) is 5.94. The van der Waals surface area contributed by atoms with Crippen molar-refractivity contribution in [2.75, 3.05) is 25.9 Å². The molecule has 0 saturated carbocycles. The summed E-state index contributed by atoms with van der Waals surface area (Å²) in [4.78, 5) is 25.9. The molecule has 1 saturated heterocycles. The summed E-state index contributed by atoms with van der Waals surface area (Å²) in [5.41, 5.74) is 8.02. The second-order valence-corrected chi connectivity index (χ2v) is 5.28. The van der Waals surface area contributed by atoms with Crippen molar-refractivity contribution in [1.29, 1.82) is 0 Å². The molecule has 1 heterocycles. The van der Waals surface area contributed by atoms with Gasteiger partial charge in [-0.05, 0) is 37.5 Å². The van der Waals surface area contributed by atoms with Crippen LogP contribution in [0.5, 0.6) is 0 Å². The summed E-state index contributed by atoms with van der Waals surface area (Å²) < 4.78 is 0. The zero-order chi connectivity index (χ0) is 14.7. The average molecular weight is 275 g/mol. The summed E-state index contributed by atoms with van der Waals surface area (Å²) >= 11 is 0. The summed E-state index contributed by atoms with van der Waals surface area (Å²) in [5.74, 6) is -0.156. The maximum Gasteiger partial charge on any atom is 0.253 e. The SMILES string of the molecule is CNC(=O)C1CCCN(C(=O)c2ccc(C)c(N)c2)C1. The predicted molar refractivity (Wildman–Crippen MR) is 78.3 cm³/mol. The van der Waals surface area contributed by atoms with Crippen LogP contribution in [-0.4, -0.2) is 36.9 Å². The van der Waals surface area contributed by atoms with E-state index in [0.717, 1.165) is 18.4 Å². The molecule has 1 aromatic carbocycles. The number of piperidine rings is 1. The van der Waals surface area contributed by atoms with Crippen molar-refractivity contribution < 1.29 is 9.59 Å². The molecule has 2 rings (SSSR count). The van der Waals surface area contributed by atoms with Crippen molar-refractivity contribution in [3.8, 4) is 0 Å². The minimum absolute atomic E-state index is 0.00548. The van der Waals surface area contributed by atoms with Crippen LogP contribution in [0.1, 0.15) is 28.8 Å². The zero-order valence-corrected chi connectivity index (χ0v) is 12.0. The first-order valence-corrected chi connectivity index (χ1v) is 6.90. The molecule has 0 aliphatic carbocycles. The Labute approximate surface area is 119 Å². The molecule has 0 radical (unpaired) electrons. The van der Waals surface area contributed by atoms with Gasteiger partial charge in [-0.3, -0.25) is 9.59 Å². The standard InChI is InChI=1S/C15H21N3O2/c1-10-5-6-11(8-13(10)16)15(20)18-7-3-4-12(9-18)14(19)17-2/h5-6,8,12H,3-4,7,9,16H2,1-2H3,(H,17,19). The minimum atomic E-state index is -0.111. The largest absolute Gasteiger partial charge is 0.398 e. The van der Waals surface area contributed by atoms with Gasteiger partial charge in [0.15, 0.2) is 0 Å². The Bertz CT molecular complexity index is 528. The van der Waals surface area contributed by atoms with E-state index in [9.17, 15) is 9.59 Å². The number of nitrogen functional groups attached to an aromatic ring is 1. The number of nitrogens with zero attached hydrogens (tertiary/aromatic N) is 1. The van der Waals surface area contributed by atoms with Crippen LogP contribution >= 0.6 is 0 Å². The molecule has 0 bridgehead atoms. The van der Waals surface area contributed by atoms with Crippen molar-refractivity contribution >= 4 is 17.5 Å². The number of hydrogen-bond donors (Lipinski definition) is 2. The molecule has 5 nitrogen and oxygen atoms in total. The number of nitrogens with one attached hydrogen (secondary N) is 1. The van der Waals surface area contributed by atoms with E-state index < -0.39 is 0 Å². The number of carbonyl (C=O) groups excluding carboxylic acids is 2. The monoisotopic (exact) mass is 275 g/mol. The van der Waals surface area contributed by atoms with Crippen LogP contribution in [0.4, 0.5) is 5.69 Å². The molecule has 1 atom stereocenters. The number of amides is 2. The van der Waals surface area contributed by atoms with Crippen LogP contribution in [-0.2, 0) is 4.79 Å². The van der Waals surface area contributed by atoms with Gasteiger partial charge in [-0.2, -0.15) is 0 Å². The molecule has 2 amide bonds. The van der Waals surface area contributed by atoms with Gasteiger partial charge in [0.25, 0.3) is 5.91 Å². The number of anilines is 1. The highest BCUT2D eigenvalue weighted by atomic mass is 16.2. The third kappa shape index (κ3) is 2.92. The van der Waals surface area contributed by atoms with Crippen molar-refractivity contribution in [1.82, 2.24) is 10.2 Å². The Kier molecular flexibility index (Phi) is 4.27. The highest BCUT2D eigenvalue weighted by Crippen LogP contribution is 2.20. The van der Waals surface area contributed by atoms with Crippen LogP contribution in [0, 0.1) is 12.8 Å². The molecule has 1 aromatic rings.